The Morgan fingerprint density at radius 2 is 1.43 bits per heavy atom. The minimum atomic E-state index is -4.31. The van der Waals surface area contributed by atoms with Crippen molar-refractivity contribution in [1.29, 1.82) is 0 Å². The average Bonchev–Trinajstić information content (AvgIpc) is 2.69. The smallest absolute Gasteiger partial charge is 0.166 e. The van der Waals surface area contributed by atoms with Gasteiger partial charge in [-0.3, -0.25) is 0 Å². The van der Waals surface area contributed by atoms with E-state index < -0.39 is 11.7 Å². The number of alkyl halides is 3. The summed E-state index contributed by atoms with van der Waals surface area (Å²) in [6, 6.07) is 16.3. The first kappa shape index (κ1) is 20.4. The van der Waals surface area contributed by atoms with Crippen LogP contribution in [0.25, 0.3) is 21.9 Å². The Bertz CT molecular complexity index is 921. The van der Waals surface area contributed by atoms with Crippen LogP contribution < -0.4 is 0 Å². The zero-order valence-electron chi connectivity index (χ0n) is 16.6. The molecule has 3 aromatic rings. The van der Waals surface area contributed by atoms with Gasteiger partial charge in [0.1, 0.15) is 0 Å². The second-order valence-corrected chi connectivity index (χ2v) is 7.39. The lowest BCUT2D eigenvalue weighted by atomic mass is 9.85. The Balaban J connectivity index is 2.21. The summed E-state index contributed by atoms with van der Waals surface area (Å²) in [7, 11) is 0. The molecule has 148 valence electrons. The number of hydrogen-bond donors (Lipinski definition) is 0. The normalized spacial score (nSPS) is 11.9. The number of rotatable bonds is 7. The minimum absolute atomic E-state index is 0.595. The molecule has 0 heterocycles. The molecule has 28 heavy (non-hydrogen) atoms. The fourth-order valence-electron chi connectivity index (χ4n) is 3.85. The molecule has 0 aromatic heterocycles. The molecule has 0 nitrogen and oxygen atoms in total. The third-order valence-electron chi connectivity index (χ3n) is 5.32. The molecule has 0 N–H and O–H groups in total. The van der Waals surface area contributed by atoms with Crippen molar-refractivity contribution >= 4 is 10.8 Å². The van der Waals surface area contributed by atoms with E-state index in [1.807, 2.05) is 12.1 Å². The van der Waals surface area contributed by atoms with Crippen LogP contribution in [0, 0.1) is 0 Å². The van der Waals surface area contributed by atoms with Gasteiger partial charge in [0.2, 0.25) is 0 Å². The fraction of sp³-hybridized carbons (Fsp3) is 0.360. The summed E-state index contributed by atoms with van der Waals surface area (Å²) < 4.78 is 39.1. The molecule has 0 saturated carbocycles. The maximum absolute atomic E-state index is 13.0. The van der Waals surface area contributed by atoms with Crippen LogP contribution in [0.5, 0.6) is 0 Å². The van der Waals surface area contributed by atoms with E-state index in [1.165, 1.54) is 34.0 Å². The summed E-state index contributed by atoms with van der Waals surface area (Å²) in [6.45, 7) is 4.33. The Morgan fingerprint density at radius 1 is 0.786 bits per heavy atom. The first-order chi connectivity index (χ1) is 13.5. The zero-order chi connectivity index (χ0) is 20.1. The number of benzene rings is 3. The van der Waals surface area contributed by atoms with Gasteiger partial charge in [0.05, 0.1) is 5.56 Å². The highest BCUT2D eigenvalue weighted by Crippen LogP contribution is 2.37. The molecule has 0 bridgehead atoms. The molecule has 3 heteroatoms. The first-order valence-electron chi connectivity index (χ1n) is 10.2. The van der Waals surface area contributed by atoms with E-state index in [9.17, 15) is 13.2 Å². The van der Waals surface area contributed by atoms with Gasteiger partial charge in [-0.05, 0) is 70.8 Å². The monoisotopic (exact) mass is 384 g/mol. The molecule has 0 aliphatic carbocycles. The first-order valence-corrected chi connectivity index (χ1v) is 10.2. The van der Waals surface area contributed by atoms with Crippen molar-refractivity contribution in [3.05, 3.63) is 71.3 Å². The summed E-state index contributed by atoms with van der Waals surface area (Å²) in [5.74, 6) is 0. The van der Waals surface area contributed by atoms with E-state index in [2.05, 4.69) is 32.0 Å². The summed E-state index contributed by atoms with van der Waals surface area (Å²) in [4.78, 5) is 0. The van der Waals surface area contributed by atoms with Crippen LogP contribution in [0.2, 0.25) is 0 Å². The molecule has 0 aliphatic heterocycles. The van der Waals surface area contributed by atoms with Crippen molar-refractivity contribution < 1.29 is 13.2 Å². The van der Waals surface area contributed by atoms with Gasteiger partial charge in [0, 0.05) is 0 Å². The predicted octanol–water partition coefficient (Wildman–Crippen LogP) is 8.21. The van der Waals surface area contributed by atoms with Gasteiger partial charge in [-0.1, -0.05) is 69.2 Å². The average molecular weight is 384 g/mol. The minimum Gasteiger partial charge on any atom is -0.166 e. The van der Waals surface area contributed by atoms with E-state index in [4.69, 9.17) is 0 Å². The second-order valence-electron chi connectivity index (χ2n) is 7.39. The van der Waals surface area contributed by atoms with E-state index in [-0.39, 0.29) is 0 Å². The highest BCUT2D eigenvalue weighted by atomic mass is 19.4. The van der Waals surface area contributed by atoms with Crippen LogP contribution in [0.3, 0.4) is 0 Å². The van der Waals surface area contributed by atoms with E-state index in [0.717, 1.165) is 49.7 Å². The van der Waals surface area contributed by atoms with E-state index >= 15 is 0 Å². The number of fused-ring (bicyclic) bond motifs is 1. The largest absolute Gasteiger partial charge is 0.416 e. The summed E-state index contributed by atoms with van der Waals surface area (Å²) in [6.07, 6.45) is 1.87. The number of unbranched alkanes of at least 4 members (excludes halogenated alkanes) is 2. The molecule has 0 amide bonds. The highest BCUT2D eigenvalue weighted by Gasteiger charge is 2.30. The molecular weight excluding hydrogens is 357 g/mol. The lowest BCUT2D eigenvalue weighted by Gasteiger charge is -2.19. The molecule has 0 saturated heterocycles. The van der Waals surface area contributed by atoms with Crippen molar-refractivity contribution in [3.8, 4) is 11.1 Å². The van der Waals surface area contributed by atoms with Crippen molar-refractivity contribution in [2.75, 3.05) is 0 Å². The fourth-order valence-corrected chi connectivity index (χ4v) is 3.85. The molecule has 3 rings (SSSR count). The Morgan fingerprint density at radius 3 is 2.07 bits per heavy atom. The third kappa shape index (κ3) is 4.40. The molecular formula is C25H27F3. The standard InChI is InChI=1S/C25H27F3/c1-3-5-9-20-17-19-10-7-8-12-22(19)23(11-6-4-2)24(20)18-13-15-21(16-14-18)25(26,27)28/h7-8,10,12-17H,3-6,9,11H2,1-2H3. The van der Waals surface area contributed by atoms with Gasteiger partial charge in [-0.25, -0.2) is 0 Å². The molecule has 0 spiro atoms. The number of hydrogen-bond acceptors (Lipinski definition) is 0. The van der Waals surface area contributed by atoms with Gasteiger partial charge >= 0.3 is 6.18 Å². The van der Waals surface area contributed by atoms with Gasteiger partial charge < -0.3 is 0 Å². The van der Waals surface area contributed by atoms with Gasteiger partial charge in [0.25, 0.3) is 0 Å². The van der Waals surface area contributed by atoms with Crippen molar-refractivity contribution in [3.63, 3.8) is 0 Å². The van der Waals surface area contributed by atoms with Crippen LogP contribution in [-0.4, -0.2) is 0 Å². The molecule has 0 aliphatic rings. The van der Waals surface area contributed by atoms with Crippen molar-refractivity contribution in [2.45, 2.75) is 58.5 Å². The van der Waals surface area contributed by atoms with Crippen LogP contribution in [-0.2, 0) is 19.0 Å². The van der Waals surface area contributed by atoms with Crippen LogP contribution in [0.4, 0.5) is 13.2 Å². The number of aryl methyl sites for hydroxylation is 2. The summed E-state index contributed by atoms with van der Waals surface area (Å²) in [5.41, 5.74) is 3.93. The molecule has 3 aromatic carbocycles. The second kappa shape index (κ2) is 8.81. The van der Waals surface area contributed by atoms with Crippen LogP contribution >= 0.6 is 0 Å². The van der Waals surface area contributed by atoms with Gasteiger partial charge in [0.15, 0.2) is 0 Å². The maximum Gasteiger partial charge on any atom is 0.416 e. The molecule has 0 fully saturated rings. The third-order valence-corrected chi connectivity index (χ3v) is 5.32. The van der Waals surface area contributed by atoms with E-state index in [0.29, 0.717) is 0 Å². The predicted molar refractivity (Wildman–Crippen MR) is 112 cm³/mol. The summed E-state index contributed by atoms with van der Waals surface area (Å²) in [5, 5.41) is 2.43. The Hall–Kier alpha value is -2.29. The Labute approximate surface area is 165 Å². The lowest BCUT2D eigenvalue weighted by molar-refractivity contribution is -0.137. The van der Waals surface area contributed by atoms with Crippen LogP contribution in [0.1, 0.15) is 56.2 Å². The van der Waals surface area contributed by atoms with Crippen molar-refractivity contribution in [2.24, 2.45) is 0 Å². The molecule has 0 unspecified atom stereocenters. The van der Waals surface area contributed by atoms with E-state index in [1.54, 1.807) is 12.1 Å². The number of halogens is 3. The topological polar surface area (TPSA) is 0 Å². The zero-order valence-corrected chi connectivity index (χ0v) is 16.6. The lowest BCUT2D eigenvalue weighted by Crippen LogP contribution is -2.05. The van der Waals surface area contributed by atoms with Crippen LogP contribution in [0.15, 0.2) is 54.6 Å². The van der Waals surface area contributed by atoms with Gasteiger partial charge in [-0.15, -0.1) is 0 Å². The molecule has 0 atom stereocenters. The van der Waals surface area contributed by atoms with Gasteiger partial charge in [-0.2, -0.15) is 13.2 Å². The summed E-state index contributed by atoms with van der Waals surface area (Å²) >= 11 is 0. The highest BCUT2D eigenvalue weighted by molar-refractivity contribution is 5.93. The Kier molecular flexibility index (Phi) is 6.43. The van der Waals surface area contributed by atoms with Crippen molar-refractivity contribution in [1.82, 2.24) is 0 Å². The quantitative estimate of drug-likeness (QED) is 0.385. The molecule has 0 radical (unpaired) electrons. The SMILES string of the molecule is CCCCc1cc2ccccc2c(CCCC)c1-c1ccc(C(F)(F)F)cc1. The maximum atomic E-state index is 13.0.